The van der Waals surface area contributed by atoms with Crippen molar-refractivity contribution in [2.75, 3.05) is 26.2 Å². The Balaban J connectivity index is 0.00000264. The largest absolute Gasteiger partial charge is 0.303 e. The molecule has 8 heteroatoms. The van der Waals surface area contributed by atoms with Gasteiger partial charge in [-0.05, 0) is 63.0 Å². The van der Waals surface area contributed by atoms with E-state index in [2.05, 4.69) is 16.5 Å². The minimum absolute atomic E-state index is 0. The van der Waals surface area contributed by atoms with Gasteiger partial charge in [0.15, 0.2) is 0 Å². The van der Waals surface area contributed by atoms with Gasteiger partial charge in [-0.2, -0.15) is 0 Å². The Bertz CT molecular complexity index is 582. The molecule has 0 aliphatic carbocycles. The first-order chi connectivity index (χ1) is 10.4. The average Bonchev–Trinajstić information content (AvgIpc) is 2.44. The molecule has 1 N–H and O–H groups in total. The molecule has 1 heterocycles. The van der Waals surface area contributed by atoms with E-state index in [1.54, 1.807) is 0 Å². The summed E-state index contributed by atoms with van der Waals surface area (Å²) in [5.41, 5.74) is 0. The number of hydrogen-bond acceptors (Lipinski definition) is 3. The zero-order valence-electron chi connectivity index (χ0n) is 13.1. The van der Waals surface area contributed by atoms with Gasteiger partial charge in [0.25, 0.3) is 0 Å². The molecule has 0 saturated carbocycles. The number of piperidine rings is 1. The molecule has 0 radical (unpaired) electrons. The van der Waals surface area contributed by atoms with E-state index < -0.39 is 10.0 Å². The van der Waals surface area contributed by atoms with Crippen LogP contribution in [0.5, 0.6) is 0 Å². The highest BCUT2D eigenvalue weighted by molar-refractivity contribution is 7.89. The molecule has 1 fully saturated rings. The number of nitrogens with zero attached hydrogens (tertiary/aromatic N) is 1. The van der Waals surface area contributed by atoms with Gasteiger partial charge < -0.3 is 4.90 Å². The van der Waals surface area contributed by atoms with Gasteiger partial charge >= 0.3 is 0 Å². The van der Waals surface area contributed by atoms with Gasteiger partial charge in [-0.3, -0.25) is 0 Å². The van der Waals surface area contributed by atoms with Gasteiger partial charge in [-0.1, -0.05) is 30.1 Å². The van der Waals surface area contributed by atoms with Crippen LogP contribution in [0.15, 0.2) is 23.1 Å². The Labute approximate surface area is 155 Å². The molecule has 132 valence electrons. The number of rotatable bonds is 6. The molecule has 1 aliphatic rings. The van der Waals surface area contributed by atoms with E-state index in [-0.39, 0.29) is 17.3 Å². The smallest absolute Gasteiger partial charge is 0.240 e. The van der Waals surface area contributed by atoms with Gasteiger partial charge in [0, 0.05) is 16.6 Å². The van der Waals surface area contributed by atoms with Crippen molar-refractivity contribution in [1.29, 1.82) is 0 Å². The molecule has 0 unspecified atom stereocenters. The summed E-state index contributed by atoms with van der Waals surface area (Å²) < 4.78 is 27.0. The Hall–Kier alpha value is -0.0400. The van der Waals surface area contributed by atoms with Crippen molar-refractivity contribution in [1.82, 2.24) is 9.62 Å². The second kappa shape index (κ2) is 9.44. The molecule has 23 heavy (non-hydrogen) atoms. The third kappa shape index (κ3) is 6.77. The molecule has 0 bridgehead atoms. The highest BCUT2D eigenvalue weighted by Gasteiger charge is 2.17. The van der Waals surface area contributed by atoms with Crippen molar-refractivity contribution < 1.29 is 8.42 Å². The lowest BCUT2D eigenvalue weighted by atomic mass is 9.99. The van der Waals surface area contributed by atoms with Crippen molar-refractivity contribution in [2.45, 2.75) is 31.1 Å². The summed E-state index contributed by atoms with van der Waals surface area (Å²) in [5, 5.41) is 0.630. The van der Waals surface area contributed by atoms with Crippen LogP contribution in [0.4, 0.5) is 0 Å². The van der Waals surface area contributed by atoms with Crippen molar-refractivity contribution in [3.63, 3.8) is 0 Å². The van der Waals surface area contributed by atoms with Gasteiger partial charge in [0.2, 0.25) is 10.0 Å². The summed E-state index contributed by atoms with van der Waals surface area (Å²) in [6.45, 7) is 5.83. The van der Waals surface area contributed by atoms with Crippen molar-refractivity contribution >= 4 is 45.6 Å². The lowest BCUT2D eigenvalue weighted by Crippen LogP contribution is -2.35. The molecular formula is C15H23Cl3N2O2S. The SMILES string of the molecule is CC1CCN(CCCNS(=O)(=O)c2cc(Cl)cc(Cl)c2)CC1.Cl. The zero-order chi connectivity index (χ0) is 16.2. The topological polar surface area (TPSA) is 49.4 Å². The number of likely N-dealkylation sites (tertiary alicyclic amines) is 1. The summed E-state index contributed by atoms with van der Waals surface area (Å²) in [6, 6.07) is 4.32. The molecule has 1 aliphatic heterocycles. The summed E-state index contributed by atoms with van der Waals surface area (Å²) in [7, 11) is -3.55. The van der Waals surface area contributed by atoms with Crippen LogP contribution in [-0.2, 0) is 10.0 Å². The van der Waals surface area contributed by atoms with Crippen LogP contribution in [0, 0.1) is 5.92 Å². The van der Waals surface area contributed by atoms with Crippen LogP contribution in [0.2, 0.25) is 10.0 Å². The van der Waals surface area contributed by atoms with Crippen molar-refractivity contribution in [2.24, 2.45) is 5.92 Å². The van der Waals surface area contributed by atoms with E-state index in [1.807, 2.05) is 0 Å². The highest BCUT2D eigenvalue weighted by Crippen LogP contribution is 2.22. The first kappa shape index (κ1) is 21.0. The predicted octanol–water partition coefficient (Wildman–Crippen LogP) is 3.82. The maximum absolute atomic E-state index is 12.2. The summed E-state index contributed by atoms with van der Waals surface area (Å²) >= 11 is 11.7. The number of benzene rings is 1. The Morgan fingerprint density at radius 1 is 1.17 bits per heavy atom. The molecule has 1 aromatic rings. The van der Waals surface area contributed by atoms with E-state index in [0.717, 1.165) is 32.0 Å². The van der Waals surface area contributed by atoms with Crippen molar-refractivity contribution in [3.05, 3.63) is 28.2 Å². The van der Waals surface area contributed by atoms with Crippen LogP contribution in [0.1, 0.15) is 26.2 Å². The van der Waals surface area contributed by atoms with Crippen LogP contribution >= 0.6 is 35.6 Å². The lowest BCUT2D eigenvalue weighted by Gasteiger charge is -2.30. The Morgan fingerprint density at radius 2 is 1.74 bits per heavy atom. The van der Waals surface area contributed by atoms with Crippen LogP contribution < -0.4 is 4.72 Å². The van der Waals surface area contributed by atoms with E-state index in [0.29, 0.717) is 16.6 Å². The molecular weight excluding hydrogens is 379 g/mol. The Kier molecular flexibility index (Phi) is 8.63. The normalized spacial score (nSPS) is 17.0. The maximum Gasteiger partial charge on any atom is 0.240 e. The first-order valence-corrected chi connectivity index (χ1v) is 9.79. The quantitative estimate of drug-likeness (QED) is 0.737. The fraction of sp³-hybridized carbons (Fsp3) is 0.600. The van der Waals surface area contributed by atoms with Crippen LogP contribution in [0.25, 0.3) is 0 Å². The number of halogens is 3. The standard InChI is InChI=1S/C15H22Cl2N2O2S.ClH/c1-12-3-7-19(8-4-12)6-2-5-18-22(20,21)15-10-13(16)9-14(17)11-15;/h9-12,18H,2-8H2,1H3;1H. The Morgan fingerprint density at radius 3 is 2.30 bits per heavy atom. The van der Waals surface area contributed by atoms with E-state index >= 15 is 0 Å². The summed E-state index contributed by atoms with van der Waals surface area (Å²) in [4.78, 5) is 2.50. The molecule has 0 amide bonds. The summed E-state index contributed by atoms with van der Waals surface area (Å²) in [6.07, 6.45) is 3.25. The summed E-state index contributed by atoms with van der Waals surface area (Å²) in [5.74, 6) is 0.808. The molecule has 1 aromatic carbocycles. The minimum atomic E-state index is -3.55. The highest BCUT2D eigenvalue weighted by atomic mass is 35.5. The van der Waals surface area contributed by atoms with Gasteiger partial charge in [-0.15, -0.1) is 12.4 Å². The van der Waals surface area contributed by atoms with Gasteiger partial charge in [0.05, 0.1) is 4.90 Å². The van der Waals surface area contributed by atoms with Gasteiger partial charge in [0.1, 0.15) is 0 Å². The second-order valence-corrected chi connectivity index (χ2v) is 8.52. The second-order valence-electron chi connectivity index (χ2n) is 5.88. The fourth-order valence-corrected chi connectivity index (χ4v) is 4.36. The van der Waals surface area contributed by atoms with Crippen LogP contribution in [0.3, 0.4) is 0 Å². The third-order valence-corrected chi connectivity index (χ3v) is 5.84. The monoisotopic (exact) mass is 400 g/mol. The molecule has 2 rings (SSSR count). The first-order valence-electron chi connectivity index (χ1n) is 7.55. The number of hydrogen-bond donors (Lipinski definition) is 1. The fourth-order valence-electron chi connectivity index (χ4n) is 2.56. The lowest BCUT2D eigenvalue weighted by molar-refractivity contribution is 0.191. The minimum Gasteiger partial charge on any atom is -0.303 e. The van der Waals surface area contributed by atoms with E-state index in [4.69, 9.17) is 23.2 Å². The number of nitrogens with one attached hydrogen (secondary N) is 1. The third-order valence-electron chi connectivity index (χ3n) is 3.97. The molecule has 1 saturated heterocycles. The van der Waals surface area contributed by atoms with E-state index in [9.17, 15) is 8.42 Å². The maximum atomic E-state index is 12.2. The zero-order valence-corrected chi connectivity index (χ0v) is 16.2. The molecule has 0 aromatic heterocycles. The number of sulfonamides is 1. The van der Waals surface area contributed by atoms with Crippen molar-refractivity contribution in [3.8, 4) is 0 Å². The average molecular weight is 402 g/mol. The van der Waals surface area contributed by atoms with Crippen LogP contribution in [-0.4, -0.2) is 39.5 Å². The molecule has 0 atom stereocenters. The molecule has 4 nitrogen and oxygen atoms in total. The van der Waals surface area contributed by atoms with Gasteiger partial charge in [-0.25, -0.2) is 13.1 Å². The predicted molar refractivity (Wildman–Crippen MR) is 98.4 cm³/mol. The van der Waals surface area contributed by atoms with E-state index in [1.165, 1.54) is 31.0 Å². The molecule has 0 spiro atoms.